The van der Waals surface area contributed by atoms with Crippen LogP contribution in [0.4, 0.5) is 5.69 Å². The molecule has 0 radical (unpaired) electrons. The molecule has 0 atom stereocenters. The number of para-hydroxylation sites is 2. The van der Waals surface area contributed by atoms with Gasteiger partial charge in [0.2, 0.25) is 0 Å². The highest BCUT2D eigenvalue weighted by Crippen LogP contribution is 2.21. The lowest BCUT2D eigenvalue weighted by Crippen LogP contribution is -2.35. The third kappa shape index (κ3) is 3.55. The molecule has 1 aromatic carbocycles. The first-order valence-corrected chi connectivity index (χ1v) is 5.94. The van der Waals surface area contributed by atoms with Crippen LogP contribution in [0.15, 0.2) is 48.7 Å². The molecule has 0 fully saturated rings. The van der Waals surface area contributed by atoms with E-state index < -0.39 is 11.8 Å². The van der Waals surface area contributed by atoms with E-state index in [1.54, 1.807) is 36.5 Å². The number of pyridine rings is 1. The molecule has 2 amide bonds. The summed E-state index contributed by atoms with van der Waals surface area (Å²) in [7, 11) is 0. The highest BCUT2D eigenvalue weighted by atomic mass is 16.3. The predicted molar refractivity (Wildman–Crippen MR) is 72.8 cm³/mol. The van der Waals surface area contributed by atoms with Gasteiger partial charge in [-0.05, 0) is 24.3 Å². The number of phenols is 1. The molecule has 20 heavy (non-hydrogen) atoms. The quantitative estimate of drug-likeness (QED) is 0.574. The Balaban J connectivity index is 1.90. The molecule has 1 aromatic heterocycles. The van der Waals surface area contributed by atoms with Crippen LogP contribution in [0.3, 0.4) is 0 Å². The molecular formula is C14H13N3O3. The van der Waals surface area contributed by atoms with Crippen molar-refractivity contribution >= 4 is 17.5 Å². The van der Waals surface area contributed by atoms with Gasteiger partial charge in [0.25, 0.3) is 0 Å². The fourth-order valence-electron chi connectivity index (χ4n) is 1.51. The minimum Gasteiger partial charge on any atom is -0.506 e. The second-order valence-corrected chi connectivity index (χ2v) is 3.98. The first kappa shape index (κ1) is 13.5. The molecule has 0 aliphatic heterocycles. The number of hydrogen-bond donors (Lipinski definition) is 3. The number of aromatic hydroxyl groups is 1. The molecular weight excluding hydrogens is 258 g/mol. The first-order chi connectivity index (χ1) is 9.66. The Labute approximate surface area is 115 Å². The highest BCUT2D eigenvalue weighted by molar-refractivity contribution is 6.39. The van der Waals surface area contributed by atoms with E-state index in [9.17, 15) is 14.7 Å². The van der Waals surface area contributed by atoms with Crippen molar-refractivity contribution in [1.82, 2.24) is 10.3 Å². The summed E-state index contributed by atoms with van der Waals surface area (Å²) in [4.78, 5) is 27.3. The first-order valence-electron chi connectivity index (χ1n) is 5.94. The maximum absolute atomic E-state index is 11.6. The molecule has 0 saturated carbocycles. The van der Waals surface area contributed by atoms with E-state index in [4.69, 9.17) is 0 Å². The molecule has 2 aromatic rings. The molecule has 3 N–H and O–H groups in total. The molecule has 102 valence electrons. The lowest BCUT2D eigenvalue weighted by Gasteiger charge is -2.07. The Hall–Kier alpha value is -2.89. The van der Waals surface area contributed by atoms with Crippen molar-refractivity contribution in [2.45, 2.75) is 6.54 Å². The van der Waals surface area contributed by atoms with E-state index in [-0.39, 0.29) is 18.0 Å². The summed E-state index contributed by atoms with van der Waals surface area (Å²) in [6, 6.07) is 11.5. The number of benzene rings is 1. The number of amides is 2. The summed E-state index contributed by atoms with van der Waals surface area (Å²) >= 11 is 0. The number of phenolic OH excluding ortho intramolecular Hbond substituents is 1. The standard InChI is InChI=1S/C14H13N3O3/c18-12-7-2-1-6-11(12)17-14(20)13(19)16-9-10-5-3-4-8-15-10/h1-8,18H,9H2,(H,16,19)(H,17,20). The molecule has 0 spiro atoms. The summed E-state index contributed by atoms with van der Waals surface area (Å²) in [5.41, 5.74) is 0.835. The average molecular weight is 271 g/mol. The van der Waals surface area contributed by atoms with Gasteiger partial charge >= 0.3 is 11.8 Å². The van der Waals surface area contributed by atoms with Crippen molar-refractivity contribution < 1.29 is 14.7 Å². The van der Waals surface area contributed by atoms with Crippen molar-refractivity contribution in [2.75, 3.05) is 5.32 Å². The van der Waals surface area contributed by atoms with Crippen molar-refractivity contribution in [3.8, 4) is 5.75 Å². The summed E-state index contributed by atoms with van der Waals surface area (Å²) in [5.74, 6) is -1.74. The Kier molecular flexibility index (Phi) is 4.28. The van der Waals surface area contributed by atoms with Crippen LogP contribution in [0.25, 0.3) is 0 Å². The van der Waals surface area contributed by atoms with E-state index in [1.165, 1.54) is 12.1 Å². The van der Waals surface area contributed by atoms with E-state index in [1.807, 2.05) is 0 Å². The Bertz CT molecular complexity index is 614. The zero-order valence-electron chi connectivity index (χ0n) is 10.5. The number of anilines is 1. The molecule has 6 nitrogen and oxygen atoms in total. The van der Waals surface area contributed by atoms with Gasteiger partial charge in [-0.15, -0.1) is 0 Å². The molecule has 0 bridgehead atoms. The SMILES string of the molecule is O=C(NCc1ccccn1)C(=O)Nc1ccccc1O. The minimum absolute atomic E-state index is 0.0987. The topological polar surface area (TPSA) is 91.3 Å². The summed E-state index contributed by atoms with van der Waals surface area (Å²) in [6.45, 7) is 0.161. The van der Waals surface area contributed by atoms with Crippen LogP contribution in [0.5, 0.6) is 5.75 Å². The van der Waals surface area contributed by atoms with Gasteiger partial charge < -0.3 is 15.7 Å². The monoisotopic (exact) mass is 271 g/mol. The number of carbonyl (C=O) groups excluding carboxylic acids is 2. The zero-order valence-corrected chi connectivity index (χ0v) is 10.5. The van der Waals surface area contributed by atoms with Crippen LogP contribution < -0.4 is 10.6 Å². The Morgan fingerprint density at radius 1 is 1.05 bits per heavy atom. The van der Waals surface area contributed by atoms with Crippen LogP contribution in [0, 0.1) is 0 Å². The minimum atomic E-state index is -0.845. The van der Waals surface area contributed by atoms with Gasteiger partial charge in [-0.3, -0.25) is 14.6 Å². The highest BCUT2D eigenvalue weighted by Gasteiger charge is 2.14. The smallest absolute Gasteiger partial charge is 0.313 e. The van der Waals surface area contributed by atoms with Gasteiger partial charge in [0.05, 0.1) is 17.9 Å². The van der Waals surface area contributed by atoms with E-state index in [0.29, 0.717) is 5.69 Å². The van der Waals surface area contributed by atoms with Crippen molar-refractivity contribution in [1.29, 1.82) is 0 Å². The molecule has 1 heterocycles. The number of nitrogens with zero attached hydrogens (tertiary/aromatic N) is 1. The normalized spacial score (nSPS) is 9.80. The zero-order chi connectivity index (χ0) is 14.4. The molecule has 0 saturated heterocycles. The molecule has 6 heteroatoms. The number of nitrogens with one attached hydrogen (secondary N) is 2. The van der Waals surface area contributed by atoms with Crippen LogP contribution in [0.2, 0.25) is 0 Å². The van der Waals surface area contributed by atoms with Crippen LogP contribution >= 0.6 is 0 Å². The van der Waals surface area contributed by atoms with Crippen molar-refractivity contribution in [2.24, 2.45) is 0 Å². The van der Waals surface area contributed by atoms with Gasteiger partial charge in [-0.2, -0.15) is 0 Å². The van der Waals surface area contributed by atoms with Crippen LogP contribution in [-0.4, -0.2) is 21.9 Å². The molecule has 0 aliphatic rings. The number of aromatic nitrogens is 1. The molecule has 0 unspecified atom stereocenters. The van der Waals surface area contributed by atoms with Crippen molar-refractivity contribution in [3.05, 3.63) is 54.4 Å². The maximum atomic E-state index is 11.6. The largest absolute Gasteiger partial charge is 0.506 e. The van der Waals surface area contributed by atoms with E-state index >= 15 is 0 Å². The van der Waals surface area contributed by atoms with Crippen LogP contribution in [0.1, 0.15) is 5.69 Å². The van der Waals surface area contributed by atoms with Gasteiger partial charge in [-0.25, -0.2) is 0 Å². The van der Waals surface area contributed by atoms with Gasteiger partial charge in [0.1, 0.15) is 5.75 Å². The third-order valence-electron chi connectivity index (χ3n) is 2.51. The predicted octanol–water partition coefficient (Wildman–Crippen LogP) is 1.04. The van der Waals surface area contributed by atoms with Crippen molar-refractivity contribution in [3.63, 3.8) is 0 Å². The second kappa shape index (κ2) is 6.33. The second-order valence-electron chi connectivity index (χ2n) is 3.98. The van der Waals surface area contributed by atoms with Gasteiger partial charge in [0.15, 0.2) is 0 Å². The van der Waals surface area contributed by atoms with Gasteiger partial charge in [-0.1, -0.05) is 18.2 Å². The summed E-state index contributed by atoms with van der Waals surface area (Å²) < 4.78 is 0. The fourth-order valence-corrected chi connectivity index (χ4v) is 1.51. The average Bonchev–Trinajstić information content (AvgIpc) is 2.48. The Morgan fingerprint density at radius 3 is 2.50 bits per heavy atom. The van der Waals surface area contributed by atoms with Crippen LogP contribution in [-0.2, 0) is 16.1 Å². The molecule has 0 aliphatic carbocycles. The summed E-state index contributed by atoms with van der Waals surface area (Å²) in [5, 5.41) is 14.3. The van der Waals surface area contributed by atoms with E-state index in [0.717, 1.165) is 0 Å². The summed E-state index contributed by atoms with van der Waals surface area (Å²) in [6.07, 6.45) is 1.60. The molecule has 2 rings (SSSR count). The fraction of sp³-hybridized carbons (Fsp3) is 0.0714. The third-order valence-corrected chi connectivity index (χ3v) is 2.51. The lowest BCUT2D eigenvalue weighted by atomic mass is 10.3. The maximum Gasteiger partial charge on any atom is 0.313 e. The van der Waals surface area contributed by atoms with E-state index in [2.05, 4.69) is 15.6 Å². The Morgan fingerprint density at radius 2 is 1.80 bits per heavy atom. The number of rotatable bonds is 3. The lowest BCUT2D eigenvalue weighted by molar-refractivity contribution is -0.136. The number of carbonyl (C=O) groups is 2. The number of hydrogen-bond acceptors (Lipinski definition) is 4. The van der Waals surface area contributed by atoms with Gasteiger partial charge in [0, 0.05) is 6.20 Å².